The summed E-state index contributed by atoms with van der Waals surface area (Å²) in [5, 5.41) is 60.2. The Morgan fingerprint density at radius 3 is 2.22 bits per heavy atom. The molecule has 0 unspecified atom stereocenters. The number of benzene rings is 2. The van der Waals surface area contributed by atoms with Crippen molar-refractivity contribution in [2.45, 2.75) is 106 Å². The molecule has 7 rings (SSSR count). The van der Waals surface area contributed by atoms with Crippen molar-refractivity contribution in [1.82, 2.24) is 5.32 Å². The average molecular weight is 812 g/mol. The SMILES string of the molecule is COC(=O)c1c(C)cc2c(c1O)[C@@]1(O)C(=O)c3cc4c(c(O)c3C(=O)[C@@]1(OC)CC2)C(=O)C=C(N[C@H]1O[C@@H](C)[C@H](O[C@H]2C[C@H](OC)[C@@H](O)[C@H](C)O2)[C@@H](O)[C@H]1OC)C4=O. The minimum Gasteiger partial charge on any atom is -0.507 e. The molecule has 3 aliphatic carbocycles. The third-order valence-corrected chi connectivity index (χ3v) is 12.1. The molecule has 5 aliphatic rings. The van der Waals surface area contributed by atoms with Crippen molar-refractivity contribution in [3.63, 3.8) is 0 Å². The van der Waals surface area contributed by atoms with Crippen LogP contribution in [-0.4, -0.2) is 144 Å². The minimum absolute atomic E-state index is 0.0194. The van der Waals surface area contributed by atoms with Crippen LogP contribution in [0.5, 0.6) is 11.5 Å². The number of hydrogen-bond donors (Lipinski definition) is 6. The molecule has 58 heavy (non-hydrogen) atoms. The number of aliphatic hydroxyl groups is 3. The van der Waals surface area contributed by atoms with Crippen LogP contribution in [0.3, 0.4) is 0 Å². The van der Waals surface area contributed by atoms with Crippen molar-refractivity contribution in [3.8, 4) is 11.5 Å². The second kappa shape index (κ2) is 14.9. The Labute approximate surface area is 331 Å². The molecule has 6 N–H and O–H groups in total. The van der Waals surface area contributed by atoms with Gasteiger partial charge in [0.1, 0.15) is 41.5 Å². The lowest BCUT2D eigenvalue weighted by Gasteiger charge is -2.50. The van der Waals surface area contributed by atoms with Crippen LogP contribution in [0.1, 0.15) is 95.2 Å². The summed E-state index contributed by atoms with van der Waals surface area (Å²) < 4.78 is 39.3. The third kappa shape index (κ3) is 5.84. The highest BCUT2D eigenvalue weighted by molar-refractivity contribution is 6.30. The highest BCUT2D eigenvalue weighted by Gasteiger charge is 2.69. The number of carbonyl (C=O) groups excluding carboxylic acids is 5. The zero-order valence-electron chi connectivity index (χ0n) is 32.7. The maximum absolute atomic E-state index is 14.7. The quantitative estimate of drug-likeness (QED) is 0.200. The topological polar surface area (TPSA) is 263 Å². The average Bonchev–Trinajstić information content (AvgIpc) is 3.18. The number of aromatic hydroxyl groups is 2. The van der Waals surface area contributed by atoms with Gasteiger partial charge in [0, 0.05) is 50.5 Å². The molecular formula is C40H45NO17. The number of methoxy groups -OCH3 is 4. The molecule has 0 bridgehead atoms. The van der Waals surface area contributed by atoms with E-state index >= 15 is 0 Å². The molecule has 18 nitrogen and oxygen atoms in total. The van der Waals surface area contributed by atoms with Crippen LogP contribution in [-0.2, 0) is 45.2 Å². The smallest absolute Gasteiger partial charge is 0.341 e. The molecule has 0 spiro atoms. The molecule has 0 aromatic heterocycles. The Kier molecular flexibility index (Phi) is 10.7. The number of phenols is 2. The molecule has 2 aromatic rings. The van der Waals surface area contributed by atoms with Crippen LogP contribution in [0.2, 0.25) is 0 Å². The summed E-state index contributed by atoms with van der Waals surface area (Å²) in [6.07, 6.45) is -8.11. The maximum atomic E-state index is 14.7. The van der Waals surface area contributed by atoms with E-state index in [-0.39, 0.29) is 41.6 Å². The van der Waals surface area contributed by atoms with Crippen LogP contribution in [0, 0.1) is 6.92 Å². The van der Waals surface area contributed by atoms with Crippen molar-refractivity contribution >= 4 is 29.1 Å². The number of nitrogens with one attached hydrogen (secondary N) is 1. The summed E-state index contributed by atoms with van der Waals surface area (Å²) in [6.45, 7) is 4.76. The van der Waals surface area contributed by atoms with Gasteiger partial charge < -0.3 is 64.0 Å². The minimum atomic E-state index is -2.99. The Hall–Kier alpha value is -4.63. The van der Waals surface area contributed by atoms with Crippen LogP contribution in [0.25, 0.3) is 0 Å². The fourth-order valence-corrected chi connectivity index (χ4v) is 9.12. The normalized spacial score (nSPS) is 34.4. The third-order valence-electron chi connectivity index (χ3n) is 12.1. The first-order valence-corrected chi connectivity index (χ1v) is 18.6. The number of allylic oxidation sites excluding steroid dienone is 2. The van der Waals surface area contributed by atoms with Gasteiger partial charge in [-0.1, -0.05) is 6.07 Å². The number of Topliss-reactive ketones (excluding diaryl/α,β-unsaturated/α-hetero) is 3. The number of carbonyl (C=O) groups is 5. The second-order valence-corrected chi connectivity index (χ2v) is 15.1. The molecule has 0 amide bonds. The summed E-state index contributed by atoms with van der Waals surface area (Å²) in [7, 11) is 4.85. The molecule has 0 saturated carbocycles. The monoisotopic (exact) mass is 811 g/mol. The van der Waals surface area contributed by atoms with E-state index in [0.29, 0.717) is 0 Å². The lowest BCUT2D eigenvalue weighted by molar-refractivity contribution is -0.311. The van der Waals surface area contributed by atoms with Gasteiger partial charge in [0.2, 0.25) is 17.3 Å². The van der Waals surface area contributed by atoms with E-state index in [2.05, 4.69) is 5.32 Å². The number of ketones is 4. The highest BCUT2D eigenvalue weighted by atomic mass is 16.7. The van der Waals surface area contributed by atoms with E-state index in [1.165, 1.54) is 27.2 Å². The van der Waals surface area contributed by atoms with Gasteiger partial charge in [-0.2, -0.15) is 0 Å². The molecule has 18 heteroatoms. The van der Waals surface area contributed by atoms with Crippen molar-refractivity contribution in [2.24, 2.45) is 0 Å². The van der Waals surface area contributed by atoms with Crippen LogP contribution >= 0.6 is 0 Å². The Morgan fingerprint density at radius 2 is 1.59 bits per heavy atom. The van der Waals surface area contributed by atoms with E-state index in [0.717, 1.165) is 26.4 Å². The molecule has 2 heterocycles. The van der Waals surface area contributed by atoms with Gasteiger partial charge in [0.05, 0.1) is 42.2 Å². The van der Waals surface area contributed by atoms with E-state index < -0.39 is 135 Å². The Morgan fingerprint density at radius 1 is 0.879 bits per heavy atom. The fourth-order valence-electron chi connectivity index (χ4n) is 9.12. The van der Waals surface area contributed by atoms with Gasteiger partial charge in [-0.25, -0.2) is 4.79 Å². The van der Waals surface area contributed by atoms with E-state index in [9.17, 15) is 49.5 Å². The van der Waals surface area contributed by atoms with Crippen molar-refractivity contribution in [1.29, 1.82) is 0 Å². The summed E-state index contributed by atoms with van der Waals surface area (Å²) in [4.78, 5) is 69.9. The summed E-state index contributed by atoms with van der Waals surface area (Å²) in [5.74, 6) is -7.04. The number of phenolic OH excluding ortho intramolecular Hbond substituents is 2. The summed E-state index contributed by atoms with van der Waals surface area (Å²) in [5.41, 5.74) is -8.60. The first-order valence-electron chi connectivity index (χ1n) is 18.6. The van der Waals surface area contributed by atoms with E-state index in [4.69, 9.17) is 33.2 Å². The number of ether oxygens (including phenoxy) is 7. The first kappa shape index (κ1) is 41.5. The zero-order chi connectivity index (χ0) is 42.3. The summed E-state index contributed by atoms with van der Waals surface area (Å²) in [6, 6.07) is 2.38. The number of aliphatic hydroxyl groups excluding tert-OH is 2. The zero-order valence-corrected chi connectivity index (χ0v) is 32.7. The second-order valence-electron chi connectivity index (χ2n) is 15.1. The fraction of sp³-hybridized carbons (Fsp3) is 0.525. The standard InChI is InChI=1S/C40H45NO17/c1-14-10-17-8-9-39(55-7)36(49)26-19(35(48)40(39,51)27(17)31(46)24(14)38(50)54-6)11-18-25(30(26)45)21(42)12-20(29(18)44)41-37-34(53-5)32(47)33(16(3)57-37)58-23-13-22(52-4)28(43)15(2)56-23/h10-12,15-16,22-23,28,32-34,37,41,43,45-47,51H,8-9,13H2,1-7H3/t15-,16-,22-,23-,28-,32+,33-,34+,37-,39-,40+/m0/s1. The molecule has 2 fully saturated rings. The van der Waals surface area contributed by atoms with Crippen molar-refractivity contribution in [2.75, 3.05) is 28.4 Å². The van der Waals surface area contributed by atoms with E-state index in [1.807, 2.05) is 0 Å². The van der Waals surface area contributed by atoms with Crippen molar-refractivity contribution in [3.05, 3.63) is 68.4 Å². The lowest BCUT2D eigenvalue weighted by Crippen LogP contribution is -2.67. The number of fused-ring (bicyclic) bond motifs is 5. The lowest BCUT2D eigenvalue weighted by atomic mass is 9.57. The van der Waals surface area contributed by atoms with E-state index in [1.54, 1.807) is 13.8 Å². The Balaban J connectivity index is 1.22. The Bertz CT molecular complexity index is 2150. The molecular weight excluding hydrogens is 766 g/mol. The largest absolute Gasteiger partial charge is 0.507 e. The maximum Gasteiger partial charge on any atom is 0.341 e. The molecule has 0 radical (unpaired) electrons. The molecule has 312 valence electrons. The van der Waals surface area contributed by atoms with Crippen LogP contribution in [0.4, 0.5) is 0 Å². The van der Waals surface area contributed by atoms with Gasteiger partial charge in [0.25, 0.3) is 0 Å². The van der Waals surface area contributed by atoms with Crippen molar-refractivity contribution < 1.29 is 82.7 Å². The van der Waals surface area contributed by atoms with Gasteiger partial charge in [-0.15, -0.1) is 0 Å². The predicted octanol–water partition coefficient (Wildman–Crippen LogP) is 0.660. The number of rotatable bonds is 8. The highest BCUT2D eigenvalue weighted by Crippen LogP contribution is 2.56. The predicted molar refractivity (Wildman–Crippen MR) is 195 cm³/mol. The molecule has 11 atom stereocenters. The molecule has 2 aliphatic heterocycles. The van der Waals surface area contributed by atoms with Crippen LogP contribution < -0.4 is 5.32 Å². The summed E-state index contributed by atoms with van der Waals surface area (Å²) >= 11 is 0. The van der Waals surface area contributed by atoms with Gasteiger partial charge in [-0.3, -0.25) is 19.2 Å². The van der Waals surface area contributed by atoms with Crippen LogP contribution in [0.15, 0.2) is 23.9 Å². The number of hydrogen-bond acceptors (Lipinski definition) is 18. The number of aryl methyl sites for hydroxylation is 2. The van der Waals surface area contributed by atoms with Gasteiger partial charge in [0.15, 0.2) is 29.5 Å². The first-order chi connectivity index (χ1) is 27.4. The van der Waals surface area contributed by atoms with Gasteiger partial charge in [-0.05, 0) is 50.8 Å². The van der Waals surface area contributed by atoms with Gasteiger partial charge >= 0.3 is 5.97 Å². The number of esters is 1. The molecule has 2 aromatic carbocycles. The molecule has 2 saturated heterocycles.